The summed E-state index contributed by atoms with van der Waals surface area (Å²) in [5, 5.41) is 5.37. The molecule has 0 atom stereocenters. The monoisotopic (exact) mass is 278 g/mol. The van der Waals surface area contributed by atoms with E-state index in [0.717, 1.165) is 46.3 Å². The van der Waals surface area contributed by atoms with Crippen LogP contribution in [0.15, 0.2) is 24.7 Å². The number of aryl methyl sites for hydroxylation is 2. The fourth-order valence-corrected chi connectivity index (χ4v) is 3.33. The lowest BCUT2D eigenvalue weighted by Crippen LogP contribution is -1.95. The van der Waals surface area contributed by atoms with Gasteiger partial charge in [0, 0.05) is 43.2 Å². The van der Waals surface area contributed by atoms with Gasteiger partial charge < -0.3 is 9.67 Å². The van der Waals surface area contributed by atoms with Crippen LogP contribution < -0.4 is 0 Å². The molecular formula is C15H14N6. The molecule has 0 aliphatic carbocycles. The van der Waals surface area contributed by atoms with Crippen LogP contribution in [0.2, 0.25) is 0 Å². The van der Waals surface area contributed by atoms with Gasteiger partial charge in [0.1, 0.15) is 5.82 Å². The Bertz CT molecular complexity index is 987. The Kier molecular flexibility index (Phi) is 1.96. The molecule has 0 unspecified atom stereocenters. The van der Waals surface area contributed by atoms with Crippen LogP contribution in [0.4, 0.5) is 0 Å². The maximum absolute atomic E-state index is 4.70. The predicted molar refractivity (Wildman–Crippen MR) is 79.9 cm³/mol. The zero-order chi connectivity index (χ0) is 14.0. The minimum atomic E-state index is 0.793. The van der Waals surface area contributed by atoms with Crippen LogP contribution in [0, 0.1) is 0 Å². The smallest absolute Gasteiger partial charge is 0.162 e. The maximum atomic E-state index is 4.70. The van der Waals surface area contributed by atoms with Crippen molar-refractivity contribution in [2.75, 3.05) is 0 Å². The molecule has 0 saturated carbocycles. The van der Waals surface area contributed by atoms with Crippen LogP contribution in [0.25, 0.3) is 33.3 Å². The van der Waals surface area contributed by atoms with E-state index in [1.54, 1.807) is 0 Å². The average Bonchev–Trinajstić information content (AvgIpc) is 3.18. The molecule has 4 aromatic heterocycles. The van der Waals surface area contributed by atoms with E-state index in [9.17, 15) is 0 Å². The zero-order valence-corrected chi connectivity index (χ0v) is 11.7. The minimum Gasteiger partial charge on any atom is -0.327 e. The Balaban J connectivity index is 1.81. The van der Waals surface area contributed by atoms with Gasteiger partial charge in [0.05, 0.1) is 23.1 Å². The lowest BCUT2D eigenvalue weighted by atomic mass is 10.2. The summed E-state index contributed by atoms with van der Waals surface area (Å²) >= 11 is 0. The first kappa shape index (κ1) is 11.1. The number of imidazole rings is 1. The third-order valence-electron chi connectivity index (χ3n) is 4.33. The summed E-state index contributed by atoms with van der Waals surface area (Å²) < 4.78 is 4.28. The summed E-state index contributed by atoms with van der Waals surface area (Å²) in [7, 11) is 2.00. The fourth-order valence-electron chi connectivity index (χ4n) is 3.33. The summed E-state index contributed by atoms with van der Waals surface area (Å²) in [6.07, 6.45) is 8.00. The van der Waals surface area contributed by atoms with E-state index in [-0.39, 0.29) is 0 Å². The van der Waals surface area contributed by atoms with Gasteiger partial charge in [0.2, 0.25) is 0 Å². The Labute approximate surface area is 120 Å². The van der Waals surface area contributed by atoms with Crippen molar-refractivity contribution in [1.29, 1.82) is 0 Å². The van der Waals surface area contributed by atoms with Gasteiger partial charge in [0.15, 0.2) is 5.65 Å². The first-order valence-corrected chi connectivity index (χ1v) is 7.15. The van der Waals surface area contributed by atoms with Crippen molar-refractivity contribution in [3.63, 3.8) is 0 Å². The second-order valence-corrected chi connectivity index (χ2v) is 5.59. The number of rotatable bonds is 1. The Hall–Kier alpha value is -2.63. The van der Waals surface area contributed by atoms with Crippen molar-refractivity contribution in [3.8, 4) is 11.4 Å². The number of H-pyrrole nitrogens is 1. The van der Waals surface area contributed by atoms with Crippen LogP contribution >= 0.6 is 0 Å². The maximum Gasteiger partial charge on any atom is 0.162 e. The molecule has 6 heteroatoms. The third kappa shape index (κ3) is 1.39. The molecule has 104 valence electrons. The highest BCUT2D eigenvalue weighted by Gasteiger charge is 2.19. The molecule has 0 radical (unpaired) electrons. The molecule has 0 aromatic carbocycles. The fraction of sp³-hybridized carbons (Fsp3) is 0.267. The molecule has 6 nitrogen and oxygen atoms in total. The largest absolute Gasteiger partial charge is 0.327 e. The van der Waals surface area contributed by atoms with Crippen molar-refractivity contribution in [2.24, 2.45) is 7.05 Å². The minimum absolute atomic E-state index is 0.793. The van der Waals surface area contributed by atoms with Crippen molar-refractivity contribution in [1.82, 2.24) is 29.3 Å². The standard InChI is InChI=1S/C15H14N6/c1-20-14-9(7-18-20)6-17-15-10(14)5-11(19-15)12-8-16-13-3-2-4-21(12)13/h5-8,18H,2-4H2,1H3. The van der Waals surface area contributed by atoms with Gasteiger partial charge in [0.25, 0.3) is 0 Å². The molecule has 1 aliphatic rings. The van der Waals surface area contributed by atoms with E-state index >= 15 is 0 Å². The topological polar surface area (TPSA) is 64.3 Å². The zero-order valence-electron chi connectivity index (χ0n) is 11.7. The van der Waals surface area contributed by atoms with E-state index in [1.807, 2.05) is 30.3 Å². The number of nitrogens with zero attached hydrogens (tertiary/aromatic N) is 5. The van der Waals surface area contributed by atoms with Crippen molar-refractivity contribution in [3.05, 3.63) is 30.5 Å². The number of hydrogen-bond donors (Lipinski definition) is 1. The molecule has 21 heavy (non-hydrogen) atoms. The Morgan fingerprint density at radius 2 is 2.19 bits per heavy atom. The van der Waals surface area contributed by atoms with Crippen LogP contribution in [-0.2, 0) is 20.0 Å². The molecular weight excluding hydrogens is 264 g/mol. The van der Waals surface area contributed by atoms with E-state index in [0.29, 0.717) is 0 Å². The second kappa shape index (κ2) is 3.72. The molecule has 5 rings (SSSR count). The summed E-state index contributed by atoms with van der Waals surface area (Å²) in [6.45, 7) is 1.04. The first-order valence-electron chi connectivity index (χ1n) is 7.15. The van der Waals surface area contributed by atoms with Gasteiger partial charge in [-0.05, 0) is 12.5 Å². The van der Waals surface area contributed by atoms with Crippen LogP contribution in [-0.4, -0.2) is 29.3 Å². The highest BCUT2D eigenvalue weighted by Crippen LogP contribution is 2.30. The van der Waals surface area contributed by atoms with Gasteiger partial charge in [-0.15, -0.1) is 0 Å². The predicted octanol–water partition coefficient (Wildman–Crippen LogP) is 2.26. The molecule has 0 spiro atoms. The van der Waals surface area contributed by atoms with Gasteiger partial charge in [-0.2, -0.15) is 0 Å². The van der Waals surface area contributed by atoms with E-state index < -0.39 is 0 Å². The Morgan fingerprint density at radius 1 is 1.24 bits per heavy atom. The molecule has 5 heterocycles. The number of aromatic nitrogens is 6. The molecule has 0 saturated heterocycles. The second-order valence-electron chi connectivity index (χ2n) is 5.59. The molecule has 0 fully saturated rings. The molecule has 1 aliphatic heterocycles. The SMILES string of the molecule is Cn1[nH]cc2cnc3nc(-c4cnc5n4CCC5)cc3c21. The van der Waals surface area contributed by atoms with Crippen LogP contribution in [0.1, 0.15) is 12.2 Å². The van der Waals surface area contributed by atoms with E-state index in [4.69, 9.17) is 4.98 Å². The summed E-state index contributed by atoms with van der Waals surface area (Å²) in [5.74, 6) is 1.17. The normalized spacial score (nSPS) is 14.3. The average molecular weight is 278 g/mol. The highest BCUT2D eigenvalue weighted by atomic mass is 15.3. The number of pyridine rings is 1. The molecule has 4 aromatic rings. The van der Waals surface area contributed by atoms with E-state index in [2.05, 4.69) is 25.7 Å². The van der Waals surface area contributed by atoms with Gasteiger partial charge in [-0.3, -0.25) is 4.68 Å². The molecule has 0 bridgehead atoms. The van der Waals surface area contributed by atoms with Crippen LogP contribution in [0.3, 0.4) is 0 Å². The van der Waals surface area contributed by atoms with Gasteiger partial charge in [-0.25, -0.2) is 15.0 Å². The summed E-state index contributed by atoms with van der Waals surface area (Å²) in [5.41, 5.74) is 4.00. The van der Waals surface area contributed by atoms with Gasteiger partial charge in [-0.1, -0.05) is 0 Å². The molecule has 1 N–H and O–H groups in total. The van der Waals surface area contributed by atoms with Crippen molar-refractivity contribution < 1.29 is 0 Å². The summed E-state index contributed by atoms with van der Waals surface area (Å²) in [6, 6.07) is 2.13. The highest BCUT2D eigenvalue weighted by molar-refractivity contribution is 6.03. The number of fused-ring (bicyclic) bond motifs is 4. The third-order valence-corrected chi connectivity index (χ3v) is 4.33. The Morgan fingerprint density at radius 3 is 3.14 bits per heavy atom. The summed E-state index contributed by atoms with van der Waals surface area (Å²) in [4.78, 5) is 13.7. The quantitative estimate of drug-likeness (QED) is 0.581. The van der Waals surface area contributed by atoms with E-state index in [1.165, 1.54) is 12.2 Å². The van der Waals surface area contributed by atoms with Gasteiger partial charge >= 0.3 is 0 Å². The van der Waals surface area contributed by atoms with Crippen LogP contribution in [0.5, 0.6) is 0 Å². The first-order chi connectivity index (χ1) is 10.3. The van der Waals surface area contributed by atoms with Crippen molar-refractivity contribution in [2.45, 2.75) is 19.4 Å². The number of hydrogen-bond acceptors (Lipinski definition) is 3. The molecule has 0 amide bonds. The lowest BCUT2D eigenvalue weighted by molar-refractivity contribution is 0.754. The number of aromatic amines is 1. The van der Waals surface area contributed by atoms with Crippen molar-refractivity contribution >= 4 is 21.9 Å². The lowest BCUT2D eigenvalue weighted by Gasteiger charge is -2.00. The number of nitrogens with one attached hydrogen (secondary N) is 1.